The normalized spacial score (nSPS) is 12.0. The molecule has 29 heavy (non-hydrogen) atoms. The van der Waals surface area contributed by atoms with E-state index in [0.717, 1.165) is 21.8 Å². The SMILES string of the molecule is C=C(O)c1ccccc1SSC(C)(C)CC(C)(C)SSc1ccccc1C(=O)O. The zero-order chi connectivity index (χ0) is 21.7. The van der Waals surface area contributed by atoms with Crippen molar-refractivity contribution in [1.29, 1.82) is 0 Å². The Balaban J connectivity index is 2.00. The van der Waals surface area contributed by atoms with Gasteiger partial charge >= 0.3 is 5.97 Å². The summed E-state index contributed by atoms with van der Waals surface area (Å²) in [7, 11) is 6.63. The van der Waals surface area contributed by atoms with Gasteiger partial charge in [0.05, 0.1) is 5.56 Å². The number of rotatable bonds is 10. The molecule has 0 unspecified atom stereocenters. The largest absolute Gasteiger partial charge is 0.508 e. The van der Waals surface area contributed by atoms with Crippen LogP contribution in [0.1, 0.15) is 50.0 Å². The highest BCUT2D eigenvalue weighted by Gasteiger charge is 2.31. The minimum Gasteiger partial charge on any atom is -0.508 e. The molecule has 0 heterocycles. The maximum Gasteiger partial charge on any atom is 0.336 e. The Bertz CT molecular complexity index is 806. The van der Waals surface area contributed by atoms with E-state index in [-0.39, 0.29) is 15.3 Å². The maximum absolute atomic E-state index is 11.4. The van der Waals surface area contributed by atoms with Gasteiger partial charge in [0.1, 0.15) is 5.76 Å². The molecular weight excluding hydrogens is 441 g/mol. The summed E-state index contributed by atoms with van der Waals surface area (Å²) in [6, 6.07) is 14.8. The number of aromatic carboxylic acids is 1. The van der Waals surface area contributed by atoms with E-state index in [1.165, 1.54) is 10.8 Å². The van der Waals surface area contributed by atoms with Crippen LogP contribution < -0.4 is 0 Å². The molecule has 0 radical (unpaired) electrons. The van der Waals surface area contributed by atoms with Crippen LogP contribution in [-0.4, -0.2) is 25.7 Å². The van der Waals surface area contributed by atoms with Crippen LogP contribution in [0.3, 0.4) is 0 Å². The second kappa shape index (κ2) is 10.2. The molecule has 0 spiro atoms. The Morgan fingerprint density at radius 2 is 1.24 bits per heavy atom. The van der Waals surface area contributed by atoms with Crippen molar-refractivity contribution in [2.24, 2.45) is 0 Å². The van der Waals surface area contributed by atoms with Crippen molar-refractivity contribution in [3.8, 4) is 0 Å². The molecule has 0 atom stereocenters. The minimum absolute atomic E-state index is 0.0298. The second-order valence-corrected chi connectivity index (χ2v) is 13.5. The smallest absolute Gasteiger partial charge is 0.336 e. The summed E-state index contributed by atoms with van der Waals surface area (Å²) in [5.41, 5.74) is 1.10. The predicted molar refractivity (Wildman–Crippen MR) is 131 cm³/mol. The van der Waals surface area contributed by atoms with Crippen molar-refractivity contribution in [1.82, 2.24) is 0 Å². The van der Waals surface area contributed by atoms with Crippen molar-refractivity contribution < 1.29 is 15.0 Å². The van der Waals surface area contributed by atoms with Crippen molar-refractivity contribution in [2.75, 3.05) is 0 Å². The van der Waals surface area contributed by atoms with Crippen LogP contribution in [-0.2, 0) is 0 Å². The number of benzene rings is 2. The first-order chi connectivity index (χ1) is 13.5. The zero-order valence-corrected chi connectivity index (χ0v) is 20.2. The molecule has 3 nitrogen and oxygen atoms in total. The molecule has 2 aromatic carbocycles. The highest BCUT2D eigenvalue weighted by Crippen LogP contribution is 2.51. The predicted octanol–water partition coefficient (Wildman–Crippen LogP) is 8.04. The number of hydrogen-bond donors (Lipinski definition) is 2. The summed E-state index contributed by atoms with van der Waals surface area (Å²) in [6.45, 7) is 12.4. The van der Waals surface area contributed by atoms with Crippen LogP contribution in [0.15, 0.2) is 64.9 Å². The van der Waals surface area contributed by atoms with E-state index in [2.05, 4.69) is 34.3 Å². The molecule has 7 heteroatoms. The van der Waals surface area contributed by atoms with Gasteiger partial charge in [-0.2, -0.15) is 0 Å². The van der Waals surface area contributed by atoms with Crippen LogP contribution in [0.5, 0.6) is 0 Å². The highest BCUT2D eigenvalue weighted by atomic mass is 33.1. The van der Waals surface area contributed by atoms with E-state index in [0.29, 0.717) is 5.56 Å². The molecule has 0 amide bonds. The lowest BCUT2D eigenvalue weighted by molar-refractivity contribution is 0.0693. The number of carbonyl (C=O) groups is 1. The first kappa shape index (κ1) is 24.1. The van der Waals surface area contributed by atoms with Crippen LogP contribution in [0.4, 0.5) is 0 Å². The molecular formula is C22H26O3S4. The summed E-state index contributed by atoms with van der Waals surface area (Å²) < 4.78 is -0.0919. The molecule has 0 aliphatic heterocycles. The van der Waals surface area contributed by atoms with Crippen LogP contribution in [0.25, 0.3) is 5.76 Å². The fourth-order valence-electron chi connectivity index (χ4n) is 2.89. The standard InChI is InChI=1S/C22H26O3S4/c1-15(23)16-10-6-8-12-18(16)26-28-21(2,3)14-22(4,5)29-27-19-13-9-7-11-17(19)20(24)25/h6-13,23H,1,14H2,2-5H3,(H,24,25). The van der Waals surface area contributed by atoms with Gasteiger partial charge in [0.15, 0.2) is 0 Å². The second-order valence-electron chi connectivity index (χ2n) is 7.77. The van der Waals surface area contributed by atoms with Crippen molar-refractivity contribution in [3.63, 3.8) is 0 Å². The van der Waals surface area contributed by atoms with Gasteiger partial charge in [0, 0.05) is 24.8 Å². The monoisotopic (exact) mass is 466 g/mol. The van der Waals surface area contributed by atoms with E-state index in [9.17, 15) is 15.0 Å². The third kappa shape index (κ3) is 7.55. The molecule has 0 bridgehead atoms. The average molecular weight is 467 g/mol. The molecule has 0 aliphatic carbocycles. The van der Waals surface area contributed by atoms with E-state index in [1.807, 2.05) is 36.4 Å². The van der Waals surface area contributed by atoms with Gasteiger partial charge in [-0.3, -0.25) is 0 Å². The lowest BCUT2D eigenvalue weighted by atomic mass is 9.99. The third-order valence-electron chi connectivity index (χ3n) is 3.88. The maximum atomic E-state index is 11.4. The van der Waals surface area contributed by atoms with Gasteiger partial charge < -0.3 is 10.2 Å². The summed E-state index contributed by atoms with van der Waals surface area (Å²) in [4.78, 5) is 13.2. The van der Waals surface area contributed by atoms with Gasteiger partial charge in [0.25, 0.3) is 0 Å². The topological polar surface area (TPSA) is 57.5 Å². The van der Waals surface area contributed by atoms with Crippen LogP contribution >= 0.6 is 43.2 Å². The lowest BCUT2D eigenvalue weighted by Crippen LogP contribution is -2.27. The Kier molecular flexibility index (Phi) is 8.52. The molecule has 0 fully saturated rings. The van der Waals surface area contributed by atoms with Gasteiger partial charge in [-0.15, -0.1) is 0 Å². The first-order valence-electron chi connectivity index (χ1n) is 9.02. The minimum atomic E-state index is -0.900. The number of aliphatic hydroxyl groups is 1. The summed E-state index contributed by atoms with van der Waals surface area (Å²) in [5, 5.41) is 19.2. The van der Waals surface area contributed by atoms with Gasteiger partial charge in [-0.25, -0.2) is 4.79 Å². The third-order valence-corrected chi connectivity index (χ3v) is 10.6. The van der Waals surface area contributed by atoms with E-state index in [4.69, 9.17) is 0 Å². The average Bonchev–Trinajstić information content (AvgIpc) is 2.64. The van der Waals surface area contributed by atoms with Gasteiger partial charge in [-0.05, 0) is 52.3 Å². The Labute approximate surface area is 188 Å². The molecule has 2 aromatic rings. The number of hydrogen-bond acceptors (Lipinski definition) is 6. The van der Waals surface area contributed by atoms with Crippen molar-refractivity contribution in [3.05, 3.63) is 66.2 Å². The fourth-order valence-corrected chi connectivity index (χ4v) is 8.36. The van der Waals surface area contributed by atoms with Gasteiger partial charge in [0.2, 0.25) is 0 Å². The van der Waals surface area contributed by atoms with Gasteiger partial charge in [-0.1, -0.05) is 80.1 Å². The Morgan fingerprint density at radius 3 is 1.69 bits per heavy atom. The first-order valence-corrected chi connectivity index (χ1v) is 13.3. The molecule has 0 saturated heterocycles. The van der Waals surface area contributed by atoms with Crippen LogP contribution in [0, 0.1) is 0 Å². The number of aliphatic hydroxyl groups excluding tert-OH is 1. The Hall–Kier alpha value is -1.15. The molecule has 2 rings (SSSR count). The van der Waals surface area contributed by atoms with E-state index < -0.39 is 5.97 Å². The summed E-state index contributed by atoms with van der Waals surface area (Å²) in [6.07, 6.45) is 0.923. The number of carboxylic acid groups (broad SMARTS) is 1. The van der Waals surface area contributed by atoms with Crippen LogP contribution in [0.2, 0.25) is 0 Å². The Morgan fingerprint density at radius 1 is 0.828 bits per heavy atom. The molecule has 0 aliphatic rings. The summed E-state index contributed by atoms with van der Waals surface area (Å²) >= 11 is 0. The number of carboxylic acids is 1. The van der Waals surface area contributed by atoms with Crippen molar-refractivity contribution >= 4 is 54.9 Å². The van der Waals surface area contributed by atoms with E-state index >= 15 is 0 Å². The fraction of sp³-hybridized carbons (Fsp3) is 0.318. The van der Waals surface area contributed by atoms with E-state index in [1.54, 1.807) is 44.5 Å². The van der Waals surface area contributed by atoms with Crippen molar-refractivity contribution in [2.45, 2.75) is 53.4 Å². The summed E-state index contributed by atoms with van der Waals surface area (Å²) in [5.74, 6) is -0.821. The molecule has 2 N–H and O–H groups in total. The molecule has 156 valence electrons. The highest BCUT2D eigenvalue weighted by molar-refractivity contribution is 8.77. The molecule has 0 saturated carbocycles. The zero-order valence-electron chi connectivity index (χ0n) is 17.0. The quantitative estimate of drug-likeness (QED) is 0.271. The molecule has 0 aromatic heterocycles. The lowest BCUT2D eigenvalue weighted by Gasteiger charge is -2.33.